The molecule has 3 fully saturated rings. The normalized spacial score (nSPS) is 25.4. The molecule has 1 unspecified atom stereocenters. The number of aromatic amines is 1. The van der Waals surface area contributed by atoms with E-state index in [4.69, 9.17) is 11.6 Å². The van der Waals surface area contributed by atoms with Gasteiger partial charge in [-0.1, -0.05) is 56.8 Å². The quantitative estimate of drug-likeness (QED) is 0.549. The Bertz CT molecular complexity index is 1270. The van der Waals surface area contributed by atoms with Crippen LogP contribution in [0.5, 0.6) is 0 Å². The smallest absolute Gasteiger partial charge is 0.271 e. The molecule has 1 aromatic heterocycles. The number of para-hydroxylation sites is 1. The summed E-state index contributed by atoms with van der Waals surface area (Å²) < 4.78 is 0. The molecular formula is C29H35ClN4O3. The molecule has 3 atom stereocenters. The lowest BCUT2D eigenvalue weighted by molar-refractivity contribution is -0.126. The third-order valence-corrected chi connectivity index (χ3v) is 9.04. The van der Waals surface area contributed by atoms with Gasteiger partial charge < -0.3 is 15.2 Å². The van der Waals surface area contributed by atoms with Crippen molar-refractivity contribution in [3.63, 3.8) is 0 Å². The van der Waals surface area contributed by atoms with E-state index in [0.717, 1.165) is 37.5 Å². The number of nitriles is 1. The summed E-state index contributed by atoms with van der Waals surface area (Å²) in [7, 11) is 0. The largest absolute Gasteiger partial charge is 0.349 e. The number of H-pyrrole nitrogens is 1. The van der Waals surface area contributed by atoms with Crippen LogP contribution in [-0.2, 0) is 9.59 Å². The maximum atomic E-state index is 13.8. The van der Waals surface area contributed by atoms with Gasteiger partial charge in [0.05, 0.1) is 16.6 Å². The van der Waals surface area contributed by atoms with Crippen LogP contribution >= 0.6 is 11.6 Å². The molecule has 2 aliphatic carbocycles. The fourth-order valence-corrected chi connectivity index (χ4v) is 7.17. The summed E-state index contributed by atoms with van der Waals surface area (Å²) in [6.07, 6.45) is 7.49. The molecule has 8 heteroatoms. The summed E-state index contributed by atoms with van der Waals surface area (Å²) in [6, 6.07) is 8.08. The number of nitrogens with one attached hydrogen (secondary N) is 2. The van der Waals surface area contributed by atoms with Gasteiger partial charge in [0.1, 0.15) is 23.6 Å². The second kappa shape index (κ2) is 9.79. The Morgan fingerprint density at radius 2 is 2.00 bits per heavy atom. The number of hydrogen-bond acceptors (Lipinski definition) is 4. The number of carbonyl (C=O) groups is 3. The van der Waals surface area contributed by atoms with Gasteiger partial charge in [-0.25, -0.2) is 0 Å². The Balaban J connectivity index is 1.37. The standard InChI is InChI=1S/C29H35ClN4O3/c1-28(2)13-19(24(35)15-28)11-20(16-31)32-26(36)23-14-29(9-4-3-5-10-29)17-34(23)27(37)22-12-18-7-6-8-21(30)25(18)33-22/h6-8,12,19-20,23,33H,3-5,9-11,13-15,17H2,1-2H3,(H,32,36)/t19-,20+,23?/m1/s1. The second-order valence-electron chi connectivity index (χ2n) is 12.2. The highest BCUT2D eigenvalue weighted by molar-refractivity contribution is 6.35. The lowest BCUT2D eigenvalue weighted by Gasteiger charge is -2.32. The predicted molar refractivity (Wildman–Crippen MR) is 142 cm³/mol. The van der Waals surface area contributed by atoms with E-state index in [1.165, 1.54) is 6.42 Å². The van der Waals surface area contributed by atoms with E-state index < -0.39 is 12.1 Å². The van der Waals surface area contributed by atoms with Crippen molar-refractivity contribution in [1.29, 1.82) is 5.26 Å². The second-order valence-corrected chi connectivity index (χ2v) is 12.6. The van der Waals surface area contributed by atoms with E-state index in [-0.39, 0.29) is 34.3 Å². The molecule has 2 N–H and O–H groups in total. The lowest BCUT2D eigenvalue weighted by Crippen LogP contribution is -2.49. The molecule has 1 saturated heterocycles. The van der Waals surface area contributed by atoms with Crippen LogP contribution in [0.2, 0.25) is 5.02 Å². The average Bonchev–Trinajstić information content (AvgIpc) is 3.52. The minimum Gasteiger partial charge on any atom is -0.349 e. The van der Waals surface area contributed by atoms with Crippen molar-refractivity contribution in [2.75, 3.05) is 6.54 Å². The average molecular weight is 523 g/mol. The van der Waals surface area contributed by atoms with E-state index in [2.05, 4.69) is 30.2 Å². The molecule has 0 bridgehead atoms. The highest BCUT2D eigenvalue weighted by Crippen LogP contribution is 2.47. The van der Waals surface area contributed by atoms with Crippen molar-refractivity contribution in [2.45, 2.75) is 83.7 Å². The van der Waals surface area contributed by atoms with Gasteiger partial charge in [0.2, 0.25) is 5.91 Å². The Hall–Kier alpha value is -2.85. The number of amides is 2. The molecule has 2 heterocycles. The minimum atomic E-state index is -0.762. The first kappa shape index (κ1) is 25.8. The molecule has 196 valence electrons. The number of hydrogen-bond donors (Lipinski definition) is 2. The summed E-state index contributed by atoms with van der Waals surface area (Å²) in [6.45, 7) is 4.65. The third-order valence-electron chi connectivity index (χ3n) is 8.72. The van der Waals surface area contributed by atoms with Crippen molar-refractivity contribution < 1.29 is 14.4 Å². The molecule has 2 saturated carbocycles. The Morgan fingerprint density at radius 3 is 2.65 bits per heavy atom. The van der Waals surface area contributed by atoms with Crippen LogP contribution in [0.15, 0.2) is 24.3 Å². The number of benzene rings is 1. The number of likely N-dealkylation sites (tertiary alicyclic amines) is 1. The molecular weight excluding hydrogens is 488 g/mol. The number of fused-ring (bicyclic) bond motifs is 1. The molecule has 1 aliphatic heterocycles. The van der Waals surface area contributed by atoms with Crippen LogP contribution in [-0.4, -0.2) is 46.1 Å². The highest BCUT2D eigenvalue weighted by atomic mass is 35.5. The molecule has 7 nitrogen and oxygen atoms in total. The highest BCUT2D eigenvalue weighted by Gasteiger charge is 2.49. The van der Waals surface area contributed by atoms with Crippen molar-refractivity contribution in [3.8, 4) is 6.07 Å². The maximum Gasteiger partial charge on any atom is 0.271 e. The van der Waals surface area contributed by atoms with Crippen LogP contribution in [0.4, 0.5) is 0 Å². The van der Waals surface area contributed by atoms with E-state index in [1.807, 2.05) is 12.1 Å². The SMILES string of the molecule is CC1(C)CC(=O)[C@H](C[C@@H](C#N)NC(=O)C2CC3(CCCCC3)CN2C(=O)c2cc3cccc(Cl)c3[nH]2)C1. The van der Waals surface area contributed by atoms with Gasteiger partial charge in [0.25, 0.3) is 5.91 Å². The van der Waals surface area contributed by atoms with Gasteiger partial charge in [0.15, 0.2) is 0 Å². The van der Waals surface area contributed by atoms with Crippen molar-refractivity contribution >= 4 is 40.1 Å². The Morgan fingerprint density at radius 1 is 1.24 bits per heavy atom. The van der Waals surface area contributed by atoms with Gasteiger partial charge in [0, 0.05) is 24.3 Å². The molecule has 2 amide bonds. The van der Waals surface area contributed by atoms with Crippen molar-refractivity contribution in [2.24, 2.45) is 16.7 Å². The minimum absolute atomic E-state index is 0.0731. The van der Waals surface area contributed by atoms with E-state index >= 15 is 0 Å². The Labute approximate surface area is 222 Å². The van der Waals surface area contributed by atoms with Crippen molar-refractivity contribution in [3.05, 3.63) is 35.0 Å². The summed E-state index contributed by atoms with van der Waals surface area (Å²) in [5.41, 5.74) is 0.960. The molecule has 1 aromatic carbocycles. The fourth-order valence-electron chi connectivity index (χ4n) is 6.94. The summed E-state index contributed by atoms with van der Waals surface area (Å²) in [5, 5.41) is 14.1. The molecule has 37 heavy (non-hydrogen) atoms. The monoisotopic (exact) mass is 522 g/mol. The zero-order chi connectivity index (χ0) is 26.4. The van der Waals surface area contributed by atoms with E-state index in [9.17, 15) is 19.6 Å². The zero-order valence-corrected chi connectivity index (χ0v) is 22.4. The summed E-state index contributed by atoms with van der Waals surface area (Å²) in [4.78, 5) is 44.7. The first-order valence-corrected chi connectivity index (χ1v) is 13.8. The Kier molecular flexibility index (Phi) is 6.83. The van der Waals surface area contributed by atoms with Crippen LogP contribution < -0.4 is 5.32 Å². The van der Waals surface area contributed by atoms with Crippen LogP contribution in [0.1, 0.15) is 82.1 Å². The van der Waals surface area contributed by atoms with Crippen LogP contribution in [0.25, 0.3) is 10.9 Å². The lowest BCUT2D eigenvalue weighted by atomic mass is 9.72. The first-order chi connectivity index (χ1) is 17.6. The summed E-state index contributed by atoms with van der Waals surface area (Å²) in [5.74, 6) is -0.588. The first-order valence-electron chi connectivity index (χ1n) is 13.4. The molecule has 0 radical (unpaired) electrons. The zero-order valence-electron chi connectivity index (χ0n) is 21.6. The van der Waals surface area contributed by atoms with Gasteiger partial charge in [-0.05, 0) is 55.1 Å². The number of aromatic nitrogens is 1. The van der Waals surface area contributed by atoms with Crippen molar-refractivity contribution in [1.82, 2.24) is 15.2 Å². The fraction of sp³-hybridized carbons (Fsp3) is 0.586. The molecule has 2 aromatic rings. The van der Waals surface area contributed by atoms with Crippen LogP contribution in [0, 0.1) is 28.1 Å². The predicted octanol–water partition coefficient (Wildman–Crippen LogP) is 5.39. The number of carbonyl (C=O) groups excluding carboxylic acids is 3. The third kappa shape index (κ3) is 5.13. The number of nitrogens with zero attached hydrogens (tertiary/aromatic N) is 2. The molecule has 1 spiro atoms. The number of halogens is 1. The van der Waals surface area contributed by atoms with Gasteiger partial charge in [-0.2, -0.15) is 5.26 Å². The van der Waals surface area contributed by atoms with E-state index in [1.54, 1.807) is 17.0 Å². The van der Waals surface area contributed by atoms with Gasteiger partial charge in [-0.3, -0.25) is 14.4 Å². The topological polar surface area (TPSA) is 106 Å². The number of rotatable bonds is 5. The maximum absolute atomic E-state index is 13.8. The van der Waals surface area contributed by atoms with E-state index in [0.29, 0.717) is 42.0 Å². The summed E-state index contributed by atoms with van der Waals surface area (Å²) >= 11 is 6.33. The number of Topliss-reactive ketones (excluding diaryl/α,β-unsaturated/α-hetero) is 1. The van der Waals surface area contributed by atoms with Gasteiger partial charge in [-0.15, -0.1) is 0 Å². The van der Waals surface area contributed by atoms with Gasteiger partial charge >= 0.3 is 0 Å². The molecule has 5 rings (SSSR count). The van der Waals surface area contributed by atoms with Crippen LogP contribution in [0.3, 0.4) is 0 Å². The number of ketones is 1. The molecule has 3 aliphatic rings.